The molecule has 3 N–H and O–H groups in total. The molecule has 3 fully saturated rings. The molecule has 3 heterocycles. The van der Waals surface area contributed by atoms with Gasteiger partial charge in [0.15, 0.2) is 0 Å². The second kappa shape index (κ2) is 13.6. The van der Waals surface area contributed by atoms with Crippen molar-refractivity contribution in [1.82, 2.24) is 25.2 Å². The molecule has 11 nitrogen and oxygen atoms in total. The number of hydrogen-bond donors (Lipinski definition) is 3. The second-order valence-electron chi connectivity index (χ2n) is 13.4. The number of sulfonamides is 1. The zero-order valence-electron chi connectivity index (χ0n) is 26.7. The van der Waals surface area contributed by atoms with Gasteiger partial charge in [0.05, 0.1) is 28.1 Å². The molecule has 13 heteroatoms. The van der Waals surface area contributed by atoms with Crippen molar-refractivity contribution >= 4 is 49.3 Å². The number of hydrogen-bond acceptors (Lipinski definition) is 9. The molecular weight excluding hydrogens is 651 g/mol. The van der Waals surface area contributed by atoms with E-state index in [1.807, 2.05) is 66.7 Å². The molecule has 1 aromatic heterocycles. The predicted octanol–water partition coefficient (Wildman–Crippen LogP) is 3.81. The van der Waals surface area contributed by atoms with Crippen LogP contribution in [0.4, 0.5) is 0 Å². The van der Waals surface area contributed by atoms with Crippen LogP contribution in [-0.4, -0.2) is 71.5 Å². The number of rotatable bonds is 8. The number of benzene rings is 2. The Hall–Kier alpha value is -3.81. The van der Waals surface area contributed by atoms with Crippen LogP contribution in [0.2, 0.25) is 0 Å². The first-order valence-corrected chi connectivity index (χ1v) is 19.2. The molecule has 4 aliphatic rings. The van der Waals surface area contributed by atoms with Gasteiger partial charge in [0.1, 0.15) is 17.7 Å². The van der Waals surface area contributed by atoms with E-state index in [4.69, 9.17) is 4.74 Å². The van der Waals surface area contributed by atoms with Crippen molar-refractivity contribution in [2.24, 2.45) is 5.92 Å². The number of carbonyl (C=O) groups is 3. The highest BCUT2D eigenvalue weighted by Gasteiger charge is 2.62. The van der Waals surface area contributed by atoms with E-state index in [0.29, 0.717) is 31.0 Å². The monoisotopic (exact) mass is 691 g/mol. The zero-order valence-corrected chi connectivity index (χ0v) is 28.3. The fourth-order valence-corrected chi connectivity index (χ4v) is 9.03. The number of amides is 3. The minimum Gasteiger partial charge on any atom is -0.465 e. The third kappa shape index (κ3) is 7.13. The van der Waals surface area contributed by atoms with Gasteiger partial charge in [-0.15, -0.1) is 0 Å². The van der Waals surface area contributed by atoms with Crippen molar-refractivity contribution in [3.05, 3.63) is 72.3 Å². The summed E-state index contributed by atoms with van der Waals surface area (Å²) in [5.74, 6) is -1.76. The van der Waals surface area contributed by atoms with E-state index in [-0.39, 0.29) is 31.2 Å². The van der Waals surface area contributed by atoms with E-state index in [2.05, 4.69) is 20.3 Å². The Kier molecular flexibility index (Phi) is 9.27. The molecule has 0 radical (unpaired) electrons. The molecule has 1 saturated heterocycles. The van der Waals surface area contributed by atoms with Gasteiger partial charge in [-0.25, -0.2) is 13.4 Å². The number of carbonyl (C=O) groups excluding carboxylic acids is 3. The number of ether oxygens (including phenoxy) is 1. The van der Waals surface area contributed by atoms with Gasteiger partial charge in [-0.05, 0) is 56.2 Å². The number of para-hydroxylation sites is 1. The van der Waals surface area contributed by atoms with Gasteiger partial charge >= 0.3 is 0 Å². The van der Waals surface area contributed by atoms with Crippen molar-refractivity contribution in [3.63, 3.8) is 0 Å². The Labute approximate surface area is 284 Å². The lowest BCUT2D eigenvalue weighted by Gasteiger charge is -2.30. The number of aromatic nitrogens is 1. The van der Waals surface area contributed by atoms with Crippen LogP contribution in [0.25, 0.3) is 10.2 Å². The Balaban J connectivity index is 1.16. The lowest BCUT2D eigenvalue weighted by atomic mass is 10.0. The summed E-state index contributed by atoms with van der Waals surface area (Å²) < 4.78 is 35.0. The van der Waals surface area contributed by atoms with Crippen molar-refractivity contribution < 1.29 is 27.5 Å². The average Bonchev–Trinajstić information content (AvgIpc) is 3.97. The summed E-state index contributed by atoms with van der Waals surface area (Å²) in [5, 5.41) is 6.28. The fraction of sp³-hybridized carbons (Fsp3) is 0.486. The molecule has 0 bridgehead atoms. The molecule has 2 aromatic carbocycles. The molecule has 2 aliphatic carbocycles. The van der Waals surface area contributed by atoms with Crippen molar-refractivity contribution in [3.8, 4) is 5.19 Å². The summed E-state index contributed by atoms with van der Waals surface area (Å²) in [6.45, 7) is 0.672. The summed E-state index contributed by atoms with van der Waals surface area (Å²) in [7, 11) is -3.82. The van der Waals surface area contributed by atoms with Crippen LogP contribution >= 0.6 is 11.3 Å². The zero-order chi connectivity index (χ0) is 33.3. The highest BCUT2D eigenvalue weighted by molar-refractivity contribution is 7.91. The quantitative estimate of drug-likeness (QED) is 0.303. The minimum absolute atomic E-state index is 0.176. The van der Waals surface area contributed by atoms with Gasteiger partial charge in [-0.2, -0.15) is 0 Å². The topological polar surface area (TPSA) is 147 Å². The number of allylic oxidation sites excluding steroid dienone is 1. The summed E-state index contributed by atoms with van der Waals surface area (Å²) in [6, 6.07) is 16.1. The Morgan fingerprint density at radius 1 is 1.04 bits per heavy atom. The lowest BCUT2D eigenvalue weighted by molar-refractivity contribution is -0.141. The smallest absolute Gasteiger partial charge is 0.274 e. The first-order chi connectivity index (χ1) is 23.2. The predicted molar refractivity (Wildman–Crippen MR) is 183 cm³/mol. The van der Waals surface area contributed by atoms with Crippen LogP contribution in [0.15, 0.2) is 66.7 Å². The molecule has 3 amide bonds. The normalized spacial score (nSPS) is 28.8. The van der Waals surface area contributed by atoms with E-state index in [1.54, 1.807) is 4.90 Å². The maximum atomic E-state index is 14.4. The third-order valence-electron chi connectivity index (χ3n) is 9.78. The molecule has 254 valence electrons. The molecule has 7 rings (SSSR count). The maximum Gasteiger partial charge on any atom is 0.274 e. The van der Waals surface area contributed by atoms with Gasteiger partial charge in [0, 0.05) is 18.9 Å². The minimum atomic E-state index is -3.82. The molecule has 0 spiro atoms. The van der Waals surface area contributed by atoms with Crippen molar-refractivity contribution in [1.29, 1.82) is 0 Å². The highest BCUT2D eigenvalue weighted by Crippen LogP contribution is 2.46. The third-order valence-corrected chi connectivity index (χ3v) is 12.5. The number of nitrogens with one attached hydrogen (secondary N) is 3. The van der Waals surface area contributed by atoms with Crippen LogP contribution < -0.4 is 20.1 Å². The number of fused-ring (bicyclic) bond motifs is 3. The molecule has 0 unspecified atom stereocenters. The molecule has 48 heavy (non-hydrogen) atoms. The SMILES string of the molecule is O=C1N[C@]2(C(=O)NS(=O)(=O)C3CC3)C[C@@H]2/C=C\CCCCC[C@H](NCc2ccccc2)C(=O)N2C[C@H](Oc3nc4ccccc4s3)C[C@@H]12. The summed E-state index contributed by atoms with van der Waals surface area (Å²) in [6.07, 6.45) is 9.01. The van der Waals surface area contributed by atoms with Crippen LogP contribution in [0.5, 0.6) is 5.19 Å². The standard InChI is InChI=1S/C35H41N5O6S2/c41-31-29-19-25(46-34-37-27-14-9-10-16-30(27)47-34)22-40(29)32(42)28(36-21-23-11-5-4-6-12-23)15-8-3-1-2-7-13-24-20-35(24,38-31)33(43)39-48(44,45)26-17-18-26/h4-7,9-14,16,24-26,28-29,36H,1-3,8,15,17-22H2,(H,38,41)(H,39,43)/b13-7-/t24-,25+,28-,29-,35+/m0/s1. The van der Waals surface area contributed by atoms with Crippen molar-refractivity contribution in [2.75, 3.05) is 6.54 Å². The Morgan fingerprint density at radius 3 is 2.62 bits per heavy atom. The molecule has 3 aromatic rings. The fourth-order valence-electron chi connectivity index (χ4n) is 6.78. The van der Waals surface area contributed by atoms with Crippen molar-refractivity contribution in [2.45, 2.75) is 93.3 Å². The van der Waals surface area contributed by atoms with Gasteiger partial charge in [0.2, 0.25) is 21.8 Å². The van der Waals surface area contributed by atoms with Gasteiger partial charge in [-0.3, -0.25) is 19.1 Å². The second-order valence-corrected chi connectivity index (χ2v) is 16.3. The molecule has 2 aliphatic heterocycles. The van der Waals surface area contributed by atoms with E-state index in [9.17, 15) is 22.8 Å². The van der Waals surface area contributed by atoms with Gasteiger partial charge in [0.25, 0.3) is 11.1 Å². The summed E-state index contributed by atoms with van der Waals surface area (Å²) in [5.41, 5.74) is 0.459. The number of nitrogens with zero attached hydrogens (tertiary/aromatic N) is 2. The van der Waals surface area contributed by atoms with Crippen LogP contribution in [0.1, 0.15) is 63.4 Å². The summed E-state index contributed by atoms with van der Waals surface area (Å²) >= 11 is 1.41. The van der Waals surface area contributed by atoms with E-state index >= 15 is 0 Å². The van der Waals surface area contributed by atoms with E-state index < -0.39 is 50.8 Å². The Morgan fingerprint density at radius 2 is 1.83 bits per heavy atom. The lowest BCUT2D eigenvalue weighted by Crippen LogP contribution is -2.58. The van der Waals surface area contributed by atoms with Crippen LogP contribution in [0, 0.1) is 5.92 Å². The summed E-state index contributed by atoms with van der Waals surface area (Å²) in [4.78, 5) is 48.4. The average molecular weight is 692 g/mol. The van der Waals surface area contributed by atoms with Gasteiger partial charge in [-0.1, -0.05) is 78.8 Å². The van der Waals surface area contributed by atoms with E-state index in [0.717, 1.165) is 41.5 Å². The Bertz CT molecular complexity index is 1780. The van der Waals surface area contributed by atoms with Crippen LogP contribution in [-0.2, 0) is 31.0 Å². The number of thiazole rings is 1. The van der Waals surface area contributed by atoms with Crippen LogP contribution in [0.3, 0.4) is 0 Å². The largest absolute Gasteiger partial charge is 0.465 e. The first kappa shape index (κ1) is 32.7. The molecule has 2 saturated carbocycles. The molecule has 5 atom stereocenters. The maximum absolute atomic E-state index is 14.4. The van der Waals surface area contributed by atoms with E-state index in [1.165, 1.54) is 11.3 Å². The first-order valence-electron chi connectivity index (χ1n) is 16.9. The highest BCUT2D eigenvalue weighted by atomic mass is 32.2. The van der Waals surface area contributed by atoms with Gasteiger partial charge < -0.3 is 20.3 Å². The molecular formula is C35H41N5O6S2.